The molecule has 0 bridgehead atoms. The molecule has 27 heavy (non-hydrogen) atoms. The highest BCUT2D eigenvalue weighted by Crippen LogP contribution is 2.40. The molecule has 2 aliphatic rings. The van der Waals surface area contributed by atoms with Crippen molar-refractivity contribution in [2.24, 2.45) is 4.99 Å². The molecule has 0 atom stereocenters. The molecular weight excluding hydrogens is 366 g/mol. The number of esters is 1. The molecule has 2 aliphatic heterocycles. The maximum Gasteiger partial charge on any atom is 0.347 e. The molecule has 1 N–H and O–H groups in total. The quantitative estimate of drug-likeness (QED) is 0.807. The number of fused-ring (bicyclic) bond motifs is 1. The first kappa shape index (κ1) is 17.7. The van der Waals surface area contributed by atoms with Gasteiger partial charge in [-0.05, 0) is 25.1 Å². The first-order valence-electron chi connectivity index (χ1n) is 8.75. The average molecular weight is 385 g/mol. The number of rotatable bonds is 4. The molecule has 0 unspecified atom stereocenters. The molecule has 0 aliphatic carbocycles. The van der Waals surface area contributed by atoms with E-state index in [-0.39, 0.29) is 23.7 Å². The molecular formula is C19H19N3O4S. The summed E-state index contributed by atoms with van der Waals surface area (Å²) in [5, 5.41) is 10.7. The predicted octanol–water partition coefficient (Wildman–Crippen LogP) is 3.37. The van der Waals surface area contributed by atoms with Gasteiger partial charge in [0.2, 0.25) is 5.88 Å². The first-order chi connectivity index (χ1) is 13.2. The zero-order valence-electron chi connectivity index (χ0n) is 14.8. The van der Waals surface area contributed by atoms with Gasteiger partial charge in [0, 0.05) is 48.1 Å². The Morgan fingerprint density at radius 1 is 1.44 bits per heavy atom. The monoisotopic (exact) mass is 385 g/mol. The summed E-state index contributed by atoms with van der Waals surface area (Å²) < 4.78 is 11.1. The van der Waals surface area contributed by atoms with Gasteiger partial charge in [0.05, 0.1) is 6.61 Å². The molecule has 0 saturated carbocycles. The summed E-state index contributed by atoms with van der Waals surface area (Å²) in [6.45, 7) is 3.44. The van der Waals surface area contributed by atoms with E-state index >= 15 is 0 Å². The number of furan rings is 1. The highest BCUT2D eigenvalue weighted by molar-refractivity contribution is 7.99. The van der Waals surface area contributed by atoms with Gasteiger partial charge in [-0.15, -0.1) is 0 Å². The third-order valence-electron chi connectivity index (χ3n) is 4.38. The number of nitrogens with zero attached hydrogens (tertiary/aromatic N) is 3. The van der Waals surface area contributed by atoms with E-state index in [4.69, 9.17) is 9.15 Å². The Bertz CT molecular complexity index is 929. The van der Waals surface area contributed by atoms with E-state index < -0.39 is 5.97 Å². The van der Waals surface area contributed by atoms with Crippen molar-refractivity contribution in [2.75, 3.05) is 36.1 Å². The molecule has 0 aromatic carbocycles. The lowest BCUT2D eigenvalue weighted by atomic mass is 10.1. The van der Waals surface area contributed by atoms with Crippen LogP contribution in [0.1, 0.15) is 28.6 Å². The Balaban J connectivity index is 1.77. The van der Waals surface area contributed by atoms with Gasteiger partial charge in [0.25, 0.3) is 0 Å². The summed E-state index contributed by atoms with van der Waals surface area (Å²) in [4.78, 5) is 22.9. The van der Waals surface area contributed by atoms with Gasteiger partial charge in [-0.3, -0.25) is 0 Å². The lowest BCUT2D eigenvalue weighted by Crippen LogP contribution is -2.33. The van der Waals surface area contributed by atoms with Crippen LogP contribution in [0.3, 0.4) is 0 Å². The summed E-state index contributed by atoms with van der Waals surface area (Å²) in [7, 11) is 0. The van der Waals surface area contributed by atoms with Crippen LogP contribution in [0.25, 0.3) is 11.6 Å². The Morgan fingerprint density at radius 2 is 2.26 bits per heavy atom. The van der Waals surface area contributed by atoms with Gasteiger partial charge in [-0.1, -0.05) is 0 Å². The van der Waals surface area contributed by atoms with Crippen LogP contribution in [0.15, 0.2) is 27.7 Å². The number of hydrogen-bond donors (Lipinski definition) is 1. The fraction of sp³-hybridized carbons (Fsp3) is 0.316. The second-order valence-electron chi connectivity index (χ2n) is 6.05. The van der Waals surface area contributed by atoms with Gasteiger partial charge in [0.1, 0.15) is 0 Å². The molecule has 4 rings (SSSR count). The van der Waals surface area contributed by atoms with Crippen molar-refractivity contribution in [1.82, 2.24) is 4.98 Å². The molecule has 2 aromatic heterocycles. The topological polar surface area (TPSA) is 88.2 Å². The standard InChI is InChI=1S/C19H19N3O4S/c1-2-25-19(24)15-16(23)14(26-18(15)22-6-8-27-9-7-22)10-12-11-21-17-13(12)4-3-5-20-17/h3-5,10-11,23H,2,6-9H2,1H3. The Hall–Kier alpha value is -2.74. The van der Waals surface area contributed by atoms with Crippen molar-refractivity contribution < 1.29 is 19.1 Å². The van der Waals surface area contributed by atoms with E-state index in [9.17, 15) is 9.90 Å². The summed E-state index contributed by atoms with van der Waals surface area (Å²) in [6.07, 6.45) is 5.02. The molecule has 8 heteroatoms. The van der Waals surface area contributed by atoms with Crippen molar-refractivity contribution in [3.05, 3.63) is 35.2 Å². The second-order valence-corrected chi connectivity index (χ2v) is 7.27. The zero-order chi connectivity index (χ0) is 18.8. The lowest BCUT2D eigenvalue weighted by Gasteiger charge is -2.26. The molecule has 0 amide bonds. The van der Waals surface area contributed by atoms with Crippen LogP contribution in [0.4, 0.5) is 11.7 Å². The van der Waals surface area contributed by atoms with Crippen molar-refractivity contribution in [2.45, 2.75) is 6.92 Å². The van der Waals surface area contributed by atoms with Crippen molar-refractivity contribution >= 4 is 47.3 Å². The van der Waals surface area contributed by atoms with E-state index in [0.29, 0.717) is 11.7 Å². The van der Waals surface area contributed by atoms with Crippen LogP contribution < -0.4 is 4.90 Å². The smallest absolute Gasteiger partial charge is 0.347 e. The molecule has 0 spiro atoms. The van der Waals surface area contributed by atoms with Gasteiger partial charge in [-0.2, -0.15) is 11.8 Å². The van der Waals surface area contributed by atoms with E-state index in [1.807, 2.05) is 28.8 Å². The van der Waals surface area contributed by atoms with E-state index in [1.165, 1.54) is 0 Å². The van der Waals surface area contributed by atoms with Crippen LogP contribution in [-0.2, 0) is 4.74 Å². The van der Waals surface area contributed by atoms with Crippen LogP contribution in [0.5, 0.6) is 5.75 Å². The number of carbonyl (C=O) groups excluding carboxylic acids is 1. The molecule has 0 radical (unpaired) electrons. The van der Waals surface area contributed by atoms with Gasteiger partial charge in [-0.25, -0.2) is 14.8 Å². The highest BCUT2D eigenvalue weighted by atomic mass is 32.2. The summed E-state index contributed by atoms with van der Waals surface area (Å²) >= 11 is 1.85. The van der Waals surface area contributed by atoms with Gasteiger partial charge < -0.3 is 19.2 Å². The maximum atomic E-state index is 12.4. The minimum Gasteiger partial charge on any atom is -0.504 e. The number of thioether (sulfide) groups is 1. The van der Waals surface area contributed by atoms with Crippen LogP contribution >= 0.6 is 11.8 Å². The Kier molecular flexibility index (Phi) is 4.89. The zero-order valence-corrected chi connectivity index (χ0v) is 15.7. The predicted molar refractivity (Wildman–Crippen MR) is 106 cm³/mol. The van der Waals surface area contributed by atoms with E-state index in [2.05, 4.69) is 9.98 Å². The molecule has 140 valence electrons. The van der Waals surface area contributed by atoms with E-state index in [1.54, 1.807) is 25.4 Å². The van der Waals surface area contributed by atoms with Crippen molar-refractivity contribution in [3.8, 4) is 5.75 Å². The summed E-state index contributed by atoms with van der Waals surface area (Å²) in [5.41, 5.74) is 1.69. The largest absolute Gasteiger partial charge is 0.504 e. The number of hydrogen-bond acceptors (Lipinski definition) is 8. The number of pyridine rings is 1. The van der Waals surface area contributed by atoms with Crippen LogP contribution in [0.2, 0.25) is 0 Å². The average Bonchev–Trinajstić information content (AvgIpc) is 3.25. The number of ether oxygens (including phenoxy) is 1. The minimum absolute atomic E-state index is 0.0805. The summed E-state index contributed by atoms with van der Waals surface area (Å²) in [6, 6.07) is 3.72. The molecule has 7 nitrogen and oxygen atoms in total. The third-order valence-corrected chi connectivity index (χ3v) is 5.32. The minimum atomic E-state index is -0.584. The fourth-order valence-corrected chi connectivity index (χ4v) is 3.99. The fourth-order valence-electron chi connectivity index (χ4n) is 3.08. The number of anilines is 1. The molecule has 1 saturated heterocycles. The number of carbonyl (C=O) groups is 1. The maximum absolute atomic E-state index is 12.4. The van der Waals surface area contributed by atoms with Gasteiger partial charge >= 0.3 is 5.97 Å². The normalized spacial score (nSPS) is 17.4. The first-order valence-corrected chi connectivity index (χ1v) is 9.91. The summed E-state index contributed by atoms with van der Waals surface area (Å²) in [5.74, 6) is 2.27. The number of aromatic nitrogens is 1. The second kappa shape index (κ2) is 7.48. The third kappa shape index (κ3) is 3.32. The number of allylic oxidation sites excluding steroid dienone is 1. The molecule has 4 heterocycles. The number of aromatic hydroxyl groups is 1. The van der Waals surface area contributed by atoms with Crippen molar-refractivity contribution in [1.29, 1.82) is 0 Å². The van der Waals surface area contributed by atoms with Gasteiger partial charge in [0.15, 0.2) is 22.9 Å². The van der Waals surface area contributed by atoms with E-state index in [0.717, 1.165) is 35.7 Å². The lowest BCUT2D eigenvalue weighted by molar-refractivity contribution is 0.0523. The molecule has 1 fully saturated rings. The Labute approximate surface area is 160 Å². The SMILES string of the molecule is CCOC(=O)c1c(N2CCSCC2)oc(C=C2C=Nc3ncccc32)c1O. The van der Waals surface area contributed by atoms with Crippen LogP contribution in [-0.4, -0.2) is 53.5 Å². The Morgan fingerprint density at radius 3 is 3.04 bits per heavy atom. The number of aliphatic imine (C=N–C) groups is 1. The van der Waals surface area contributed by atoms with Crippen LogP contribution in [0, 0.1) is 0 Å². The van der Waals surface area contributed by atoms with Crippen molar-refractivity contribution in [3.63, 3.8) is 0 Å². The highest BCUT2D eigenvalue weighted by Gasteiger charge is 2.30. The molecule has 2 aromatic rings.